The number of ether oxygens (including phenoxy) is 1. The van der Waals surface area contributed by atoms with Crippen LogP contribution in [-0.2, 0) is 0 Å². The van der Waals surface area contributed by atoms with Crippen LogP contribution in [0.1, 0.15) is 31.8 Å². The van der Waals surface area contributed by atoms with Crippen molar-refractivity contribution in [3.63, 3.8) is 0 Å². The van der Waals surface area contributed by atoms with E-state index in [1.54, 1.807) is 48.5 Å². The highest BCUT2D eigenvalue weighted by Crippen LogP contribution is 2.17. The van der Waals surface area contributed by atoms with Crippen molar-refractivity contribution in [2.75, 3.05) is 0 Å². The standard InChI is InChI=1S/C21H16O3/c1-15-7-9-18(10-8-15)21(23)24-19-13-11-17(12-14-19)20(22)16-5-3-2-4-6-16/h2-14H,1H3. The molecule has 0 heterocycles. The third-order valence-corrected chi connectivity index (χ3v) is 3.65. The first-order chi connectivity index (χ1) is 11.6. The molecule has 118 valence electrons. The monoisotopic (exact) mass is 316 g/mol. The van der Waals surface area contributed by atoms with E-state index in [1.807, 2.05) is 37.3 Å². The maximum absolute atomic E-state index is 12.3. The Hall–Kier alpha value is -3.20. The first kappa shape index (κ1) is 15.7. The average Bonchev–Trinajstić information content (AvgIpc) is 2.63. The van der Waals surface area contributed by atoms with Crippen molar-refractivity contribution in [3.05, 3.63) is 101 Å². The normalized spacial score (nSPS) is 10.2. The summed E-state index contributed by atoms with van der Waals surface area (Å²) in [6.07, 6.45) is 0. The molecule has 0 radical (unpaired) electrons. The second-order valence-electron chi connectivity index (χ2n) is 5.48. The van der Waals surface area contributed by atoms with Crippen LogP contribution in [0.15, 0.2) is 78.9 Å². The van der Waals surface area contributed by atoms with Crippen molar-refractivity contribution >= 4 is 11.8 Å². The van der Waals surface area contributed by atoms with Gasteiger partial charge in [-0.15, -0.1) is 0 Å². The quantitative estimate of drug-likeness (QED) is 0.406. The molecule has 0 unspecified atom stereocenters. The van der Waals surface area contributed by atoms with Gasteiger partial charge in [0.15, 0.2) is 5.78 Å². The van der Waals surface area contributed by atoms with Crippen LogP contribution in [-0.4, -0.2) is 11.8 Å². The number of carbonyl (C=O) groups is 2. The van der Waals surface area contributed by atoms with E-state index in [-0.39, 0.29) is 5.78 Å². The lowest BCUT2D eigenvalue weighted by molar-refractivity contribution is 0.0734. The van der Waals surface area contributed by atoms with Crippen LogP contribution in [0.4, 0.5) is 0 Å². The van der Waals surface area contributed by atoms with Gasteiger partial charge >= 0.3 is 5.97 Å². The van der Waals surface area contributed by atoms with Gasteiger partial charge in [-0.05, 0) is 43.3 Å². The lowest BCUT2D eigenvalue weighted by atomic mass is 10.0. The molecular weight excluding hydrogens is 300 g/mol. The molecule has 0 spiro atoms. The lowest BCUT2D eigenvalue weighted by Gasteiger charge is -2.06. The first-order valence-corrected chi connectivity index (χ1v) is 7.62. The Morgan fingerprint density at radius 1 is 0.667 bits per heavy atom. The van der Waals surface area contributed by atoms with Gasteiger partial charge < -0.3 is 4.74 Å². The molecule has 0 aromatic heterocycles. The molecule has 3 heteroatoms. The van der Waals surface area contributed by atoms with Crippen molar-refractivity contribution in [3.8, 4) is 5.75 Å². The molecule has 3 rings (SSSR count). The van der Waals surface area contributed by atoms with E-state index in [0.29, 0.717) is 22.4 Å². The minimum absolute atomic E-state index is 0.0630. The van der Waals surface area contributed by atoms with Crippen molar-refractivity contribution in [2.24, 2.45) is 0 Å². The van der Waals surface area contributed by atoms with E-state index in [9.17, 15) is 9.59 Å². The second-order valence-corrected chi connectivity index (χ2v) is 5.48. The Morgan fingerprint density at radius 3 is 1.83 bits per heavy atom. The molecule has 0 aliphatic rings. The van der Waals surface area contributed by atoms with E-state index < -0.39 is 5.97 Å². The molecule has 3 nitrogen and oxygen atoms in total. The molecular formula is C21H16O3. The van der Waals surface area contributed by atoms with Gasteiger partial charge in [0.25, 0.3) is 0 Å². The molecule has 0 saturated heterocycles. The molecule has 3 aromatic carbocycles. The lowest BCUT2D eigenvalue weighted by Crippen LogP contribution is -2.08. The molecule has 24 heavy (non-hydrogen) atoms. The number of hydrogen-bond donors (Lipinski definition) is 0. The summed E-state index contributed by atoms with van der Waals surface area (Å²) in [5, 5.41) is 0. The number of ketones is 1. The van der Waals surface area contributed by atoms with Crippen LogP contribution in [0, 0.1) is 6.92 Å². The number of rotatable bonds is 4. The maximum Gasteiger partial charge on any atom is 0.343 e. The van der Waals surface area contributed by atoms with Gasteiger partial charge in [-0.25, -0.2) is 4.79 Å². The minimum atomic E-state index is -0.419. The number of benzene rings is 3. The Bertz CT molecular complexity index is 848. The number of esters is 1. The third-order valence-electron chi connectivity index (χ3n) is 3.65. The Morgan fingerprint density at radius 2 is 1.21 bits per heavy atom. The Balaban J connectivity index is 1.72. The molecule has 0 saturated carbocycles. The molecule has 0 bridgehead atoms. The summed E-state index contributed by atoms with van der Waals surface area (Å²) in [6, 6.07) is 22.8. The maximum atomic E-state index is 12.3. The van der Waals surface area contributed by atoms with Crippen LogP contribution >= 0.6 is 0 Å². The van der Waals surface area contributed by atoms with Gasteiger partial charge in [-0.1, -0.05) is 48.0 Å². The van der Waals surface area contributed by atoms with Crippen LogP contribution in [0.3, 0.4) is 0 Å². The molecule has 0 atom stereocenters. The molecule has 0 N–H and O–H groups in total. The van der Waals surface area contributed by atoms with Crippen LogP contribution in [0.25, 0.3) is 0 Å². The molecule has 0 aliphatic heterocycles. The topological polar surface area (TPSA) is 43.4 Å². The zero-order chi connectivity index (χ0) is 16.9. The van der Waals surface area contributed by atoms with Gasteiger partial charge in [-0.3, -0.25) is 4.79 Å². The Labute approximate surface area is 140 Å². The van der Waals surface area contributed by atoms with Crippen LogP contribution in [0.2, 0.25) is 0 Å². The predicted molar refractivity (Wildman–Crippen MR) is 92.5 cm³/mol. The highest BCUT2D eigenvalue weighted by molar-refractivity contribution is 6.09. The van der Waals surface area contributed by atoms with Crippen molar-refractivity contribution < 1.29 is 14.3 Å². The van der Waals surface area contributed by atoms with E-state index >= 15 is 0 Å². The van der Waals surface area contributed by atoms with Gasteiger partial charge in [-0.2, -0.15) is 0 Å². The smallest absolute Gasteiger partial charge is 0.343 e. The fourth-order valence-corrected chi connectivity index (χ4v) is 2.29. The molecule has 3 aromatic rings. The zero-order valence-corrected chi connectivity index (χ0v) is 13.2. The highest BCUT2D eigenvalue weighted by atomic mass is 16.5. The highest BCUT2D eigenvalue weighted by Gasteiger charge is 2.11. The van der Waals surface area contributed by atoms with Crippen molar-refractivity contribution in [2.45, 2.75) is 6.92 Å². The zero-order valence-electron chi connectivity index (χ0n) is 13.2. The third kappa shape index (κ3) is 3.58. The summed E-state index contributed by atoms with van der Waals surface area (Å²) >= 11 is 0. The van der Waals surface area contributed by atoms with Gasteiger partial charge in [0, 0.05) is 11.1 Å². The summed E-state index contributed by atoms with van der Waals surface area (Å²) in [5.41, 5.74) is 2.75. The number of hydrogen-bond acceptors (Lipinski definition) is 3. The molecule has 0 aliphatic carbocycles. The van der Waals surface area contributed by atoms with E-state index in [2.05, 4.69) is 0 Å². The van der Waals surface area contributed by atoms with E-state index in [0.717, 1.165) is 5.56 Å². The van der Waals surface area contributed by atoms with Crippen molar-refractivity contribution in [1.82, 2.24) is 0 Å². The summed E-state index contributed by atoms with van der Waals surface area (Å²) in [5.74, 6) is -0.0747. The second kappa shape index (κ2) is 6.92. The van der Waals surface area contributed by atoms with E-state index in [4.69, 9.17) is 4.74 Å². The van der Waals surface area contributed by atoms with Crippen molar-refractivity contribution in [1.29, 1.82) is 0 Å². The summed E-state index contributed by atoms with van der Waals surface area (Å²) in [4.78, 5) is 24.4. The van der Waals surface area contributed by atoms with Gasteiger partial charge in [0.05, 0.1) is 5.56 Å². The minimum Gasteiger partial charge on any atom is -0.423 e. The molecule has 0 fully saturated rings. The van der Waals surface area contributed by atoms with Gasteiger partial charge in [0.2, 0.25) is 0 Å². The number of carbonyl (C=O) groups excluding carboxylic acids is 2. The first-order valence-electron chi connectivity index (χ1n) is 7.62. The Kier molecular flexibility index (Phi) is 4.52. The number of aryl methyl sites for hydroxylation is 1. The fourth-order valence-electron chi connectivity index (χ4n) is 2.29. The molecule has 0 amide bonds. The van der Waals surface area contributed by atoms with E-state index in [1.165, 1.54) is 0 Å². The average molecular weight is 316 g/mol. The summed E-state index contributed by atoms with van der Waals surface area (Å²) in [6.45, 7) is 1.96. The fraction of sp³-hybridized carbons (Fsp3) is 0.0476. The largest absolute Gasteiger partial charge is 0.423 e. The summed E-state index contributed by atoms with van der Waals surface area (Å²) in [7, 11) is 0. The van der Waals surface area contributed by atoms with Crippen LogP contribution < -0.4 is 4.74 Å². The van der Waals surface area contributed by atoms with Gasteiger partial charge in [0.1, 0.15) is 5.75 Å². The SMILES string of the molecule is Cc1ccc(C(=O)Oc2ccc(C(=O)c3ccccc3)cc2)cc1. The predicted octanol–water partition coefficient (Wildman–Crippen LogP) is 4.45. The van der Waals surface area contributed by atoms with Crippen LogP contribution in [0.5, 0.6) is 5.75 Å². The summed E-state index contributed by atoms with van der Waals surface area (Å²) < 4.78 is 5.33.